The van der Waals surface area contributed by atoms with Crippen LogP contribution in [0.1, 0.15) is 36.1 Å². The van der Waals surface area contributed by atoms with E-state index in [-0.39, 0.29) is 5.91 Å². The van der Waals surface area contributed by atoms with Gasteiger partial charge in [-0.3, -0.25) is 4.79 Å². The highest BCUT2D eigenvalue weighted by Gasteiger charge is 2.06. The lowest BCUT2D eigenvalue weighted by Crippen LogP contribution is -2.25. The van der Waals surface area contributed by atoms with Crippen molar-refractivity contribution in [1.29, 1.82) is 0 Å². The molecule has 4 heteroatoms. The summed E-state index contributed by atoms with van der Waals surface area (Å²) in [6.45, 7) is 4.67. The molecule has 13 heavy (non-hydrogen) atoms. The van der Waals surface area contributed by atoms with Crippen molar-refractivity contribution in [2.24, 2.45) is 0 Å². The van der Waals surface area contributed by atoms with Gasteiger partial charge < -0.3 is 10.3 Å². The molecule has 1 aromatic rings. The number of aryl methyl sites for hydroxylation is 1. The largest absolute Gasteiger partial charge is 0.349 e. The Labute approximate surface area is 77.8 Å². The van der Waals surface area contributed by atoms with Crippen LogP contribution in [0.4, 0.5) is 0 Å². The summed E-state index contributed by atoms with van der Waals surface area (Å²) in [5, 5.41) is 2.78. The van der Waals surface area contributed by atoms with Crippen LogP contribution in [0.15, 0.2) is 6.20 Å². The Morgan fingerprint density at radius 3 is 3.00 bits per heavy atom. The predicted octanol–water partition coefficient (Wildman–Crippen LogP) is 1.25. The fourth-order valence-electron chi connectivity index (χ4n) is 0.990. The number of aromatic nitrogens is 2. The maximum atomic E-state index is 11.3. The highest BCUT2D eigenvalue weighted by Crippen LogP contribution is 1.94. The number of carbonyl (C=O) groups is 1. The molecule has 0 unspecified atom stereocenters. The van der Waals surface area contributed by atoms with E-state index >= 15 is 0 Å². The molecule has 72 valence electrons. The summed E-state index contributed by atoms with van der Waals surface area (Å²) in [4.78, 5) is 18.1. The van der Waals surface area contributed by atoms with Crippen LogP contribution in [0.5, 0.6) is 0 Å². The number of hydrogen-bond donors (Lipinski definition) is 2. The van der Waals surface area contributed by atoms with Gasteiger partial charge in [0.25, 0.3) is 5.91 Å². The molecule has 0 aliphatic rings. The Bertz CT molecular complexity index is 280. The lowest BCUT2D eigenvalue weighted by atomic mass is 10.3. The molecule has 0 radical (unpaired) electrons. The summed E-state index contributed by atoms with van der Waals surface area (Å²) in [6.07, 6.45) is 3.73. The van der Waals surface area contributed by atoms with Crippen molar-refractivity contribution in [3.8, 4) is 0 Å². The van der Waals surface area contributed by atoms with Crippen molar-refractivity contribution < 1.29 is 4.79 Å². The van der Waals surface area contributed by atoms with Crippen molar-refractivity contribution >= 4 is 5.91 Å². The zero-order valence-electron chi connectivity index (χ0n) is 8.05. The summed E-state index contributed by atoms with van der Waals surface area (Å²) >= 11 is 0. The maximum Gasteiger partial charge on any atom is 0.287 e. The lowest BCUT2D eigenvalue weighted by Gasteiger charge is -2.00. The minimum atomic E-state index is -0.124. The van der Waals surface area contributed by atoms with Gasteiger partial charge in [0.05, 0.1) is 0 Å². The fraction of sp³-hybridized carbons (Fsp3) is 0.556. The van der Waals surface area contributed by atoms with Gasteiger partial charge in [0, 0.05) is 18.4 Å². The molecule has 2 N–H and O–H groups in total. The quantitative estimate of drug-likeness (QED) is 0.687. The summed E-state index contributed by atoms with van der Waals surface area (Å²) < 4.78 is 0. The van der Waals surface area contributed by atoms with Crippen LogP contribution >= 0.6 is 0 Å². The highest BCUT2D eigenvalue weighted by molar-refractivity contribution is 5.90. The third-order valence-corrected chi connectivity index (χ3v) is 1.73. The van der Waals surface area contributed by atoms with Gasteiger partial charge >= 0.3 is 0 Å². The molecule has 0 saturated heterocycles. The molecule has 0 aliphatic carbocycles. The Morgan fingerprint density at radius 1 is 1.69 bits per heavy atom. The number of amides is 1. The number of H-pyrrole nitrogens is 1. The molecule has 0 aliphatic heterocycles. The molecule has 0 bridgehead atoms. The molecule has 1 rings (SSSR count). The van der Waals surface area contributed by atoms with Crippen molar-refractivity contribution in [2.45, 2.75) is 26.7 Å². The maximum absolute atomic E-state index is 11.3. The van der Waals surface area contributed by atoms with Gasteiger partial charge in [0.15, 0.2) is 5.82 Å². The predicted molar refractivity (Wildman–Crippen MR) is 50.6 cm³/mol. The van der Waals surface area contributed by atoms with E-state index in [9.17, 15) is 4.79 Å². The Kier molecular flexibility index (Phi) is 3.49. The molecule has 0 atom stereocenters. The molecule has 1 amide bonds. The standard InChI is InChI=1S/C9H15N3O/c1-3-4-5-10-9(13)8-11-6-7(2)12-8/h6H,3-5H2,1-2H3,(H,10,13)(H,11,12). The highest BCUT2D eigenvalue weighted by atomic mass is 16.2. The zero-order chi connectivity index (χ0) is 9.68. The molecule has 4 nitrogen and oxygen atoms in total. The first-order valence-electron chi connectivity index (χ1n) is 4.54. The molecule has 0 spiro atoms. The molecule has 0 aromatic carbocycles. The SMILES string of the molecule is CCCCNC(=O)c1ncc(C)[nH]1. The Balaban J connectivity index is 2.40. The fourth-order valence-corrected chi connectivity index (χ4v) is 0.990. The van der Waals surface area contributed by atoms with Gasteiger partial charge in [0.1, 0.15) is 0 Å². The van der Waals surface area contributed by atoms with Crippen LogP contribution in [-0.2, 0) is 0 Å². The number of rotatable bonds is 4. The van der Waals surface area contributed by atoms with Gasteiger partial charge in [0.2, 0.25) is 0 Å². The number of aromatic amines is 1. The number of hydrogen-bond acceptors (Lipinski definition) is 2. The van der Waals surface area contributed by atoms with E-state index in [1.807, 2.05) is 6.92 Å². The second kappa shape index (κ2) is 4.64. The van der Waals surface area contributed by atoms with Crippen molar-refractivity contribution in [3.05, 3.63) is 17.7 Å². The first kappa shape index (κ1) is 9.77. The third kappa shape index (κ3) is 2.89. The van der Waals surface area contributed by atoms with Crippen LogP contribution in [0.25, 0.3) is 0 Å². The number of unbranched alkanes of at least 4 members (excludes halogenated alkanes) is 1. The molecule has 1 heterocycles. The topological polar surface area (TPSA) is 57.8 Å². The van der Waals surface area contributed by atoms with E-state index in [4.69, 9.17) is 0 Å². The van der Waals surface area contributed by atoms with E-state index < -0.39 is 0 Å². The van der Waals surface area contributed by atoms with Crippen molar-refractivity contribution in [2.75, 3.05) is 6.54 Å². The third-order valence-electron chi connectivity index (χ3n) is 1.73. The average molecular weight is 181 g/mol. The summed E-state index contributed by atoms with van der Waals surface area (Å²) in [5.41, 5.74) is 0.903. The number of carbonyl (C=O) groups excluding carboxylic acids is 1. The zero-order valence-corrected chi connectivity index (χ0v) is 8.05. The second-order valence-corrected chi connectivity index (χ2v) is 3.02. The van der Waals surface area contributed by atoms with Gasteiger partial charge in [-0.15, -0.1) is 0 Å². The average Bonchev–Trinajstić information content (AvgIpc) is 2.52. The van der Waals surface area contributed by atoms with Gasteiger partial charge in [-0.1, -0.05) is 13.3 Å². The number of nitrogens with one attached hydrogen (secondary N) is 2. The van der Waals surface area contributed by atoms with Crippen molar-refractivity contribution in [1.82, 2.24) is 15.3 Å². The van der Waals surface area contributed by atoms with Crippen molar-refractivity contribution in [3.63, 3.8) is 0 Å². The van der Waals surface area contributed by atoms with Crippen LogP contribution in [0.2, 0.25) is 0 Å². The first-order chi connectivity index (χ1) is 6.24. The number of nitrogens with zero attached hydrogens (tertiary/aromatic N) is 1. The van der Waals surface area contributed by atoms with E-state index in [2.05, 4.69) is 22.2 Å². The van der Waals surface area contributed by atoms with Gasteiger partial charge in [-0.05, 0) is 13.3 Å². The van der Waals surface area contributed by atoms with E-state index in [1.165, 1.54) is 0 Å². The first-order valence-corrected chi connectivity index (χ1v) is 4.54. The Hall–Kier alpha value is -1.32. The minimum Gasteiger partial charge on any atom is -0.349 e. The Morgan fingerprint density at radius 2 is 2.46 bits per heavy atom. The van der Waals surface area contributed by atoms with Crippen LogP contribution in [0, 0.1) is 6.92 Å². The number of imidazole rings is 1. The molecular formula is C9H15N3O. The van der Waals surface area contributed by atoms with Crippen LogP contribution in [0.3, 0.4) is 0 Å². The van der Waals surface area contributed by atoms with E-state index in [1.54, 1.807) is 6.20 Å². The van der Waals surface area contributed by atoms with E-state index in [0.29, 0.717) is 5.82 Å². The van der Waals surface area contributed by atoms with Crippen LogP contribution in [-0.4, -0.2) is 22.4 Å². The monoisotopic (exact) mass is 181 g/mol. The van der Waals surface area contributed by atoms with Gasteiger partial charge in [-0.2, -0.15) is 0 Å². The van der Waals surface area contributed by atoms with Crippen LogP contribution < -0.4 is 5.32 Å². The molecular weight excluding hydrogens is 166 g/mol. The lowest BCUT2D eigenvalue weighted by molar-refractivity contribution is 0.0943. The normalized spacial score (nSPS) is 10.0. The molecule has 0 saturated carbocycles. The van der Waals surface area contributed by atoms with E-state index in [0.717, 1.165) is 25.1 Å². The molecule has 1 aromatic heterocycles. The summed E-state index contributed by atoms with van der Waals surface area (Å²) in [6, 6.07) is 0. The second-order valence-electron chi connectivity index (χ2n) is 3.02. The smallest absolute Gasteiger partial charge is 0.287 e. The van der Waals surface area contributed by atoms with Gasteiger partial charge in [-0.25, -0.2) is 4.98 Å². The summed E-state index contributed by atoms with van der Waals surface area (Å²) in [7, 11) is 0. The minimum absolute atomic E-state index is 0.124. The molecule has 0 fully saturated rings. The summed E-state index contributed by atoms with van der Waals surface area (Å²) in [5.74, 6) is 0.273.